The van der Waals surface area contributed by atoms with Crippen LogP contribution in [0.25, 0.3) is 0 Å². The highest BCUT2D eigenvalue weighted by Crippen LogP contribution is 2.39. The SMILES string of the molecule is NCc1ccc(Cl)cc1CN1CCC[C@H]1C(=O)NC(=O)C(O)(c1ccccc1)C(F)(F)F. The summed E-state index contributed by atoms with van der Waals surface area (Å²) < 4.78 is 41.1. The summed E-state index contributed by atoms with van der Waals surface area (Å²) in [5.74, 6) is -2.74. The summed E-state index contributed by atoms with van der Waals surface area (Å²) in [6.07, 6.45) is -4.36. The van der Waals surface area contributed by atoms with Crippen molar-refractivity contribution in [1.29, 1.82) is 0 Å². The number of hydrogen-bond donors (Lipinski definition) is 3. The molecule has 1 aliphatic rings. The lowest BCUT2D eigenvalue weighted by Crippen LogP contribution is -2.57. The van der Waals surface area contributed by atoms with Crippen LogP contribution < -0.4 is 11.1 Å². The number of alkyl halides is 3. The number of aliphatic hydroxyl groups is 1. The van der Waals surface area contributed by atoms with Gasteiger partial charge in [0.2, 0.25) is 5.91 Å². The number of nitrogens with zero attached hydrogens (tertiary/aromatic N) is 1. The van der Waals surface area contributed by atoms with Gasteiger partial charge in [-0.2, -0.15) is 13.2 Å². The molecule has 2 atom stereocenters. The monoisotopic (exact) mass is 469 g/mol. The molecule has 0 aliphatic carbocycles. The van der Waals surface area contributed by atoms with E-state index in [2.05, 4.69) is 0 Å². The van der Waals surface area contributed by atoms with Crippen molar-refractivity contribution >= 4 is 23.4 Å². The Morgan fingerprint density at radius 2 is 1.84 bits per heavy atom. The molecule has 10 heteroatoms. The van der Waals surface area contributed by atoms with Crippen LogP contribution in [0.1, 0.15) is 29.5 Å². The molecule has 1 saturated heterocycles. The molecule has 3 rings (SSSR count). The predicted molar refractivity (Wildman–Crippen MR) is 112 cm³/mol. The molecule has 1 heterocycles. The number of imide groups is 1. The number of carbonyl (C=O) groups is 2. The van der Waals surface area contributed by atoms with Gasteiger partial charge < -0.3 is 10.8 Å². The lowest BCUT2D eigenvalue weighted by Gasteiger charge is -2.30. The first-order valence-corrected chi connectivity index (χ1v) is 10.4. The van der Waals surface area contributed by atoms with E-state index in [0.717, 1.165) is 23.3 Å². The Kier molecular flexibility index (Phi) is 7.24. The van der Waals surface area contributed by atoms with Crippen molar-refractivity contribution in [3.8, 4) is 0 Å². The van der Waals surface area contributed by atoms with E-state index in [-0.39, 0.29) is 6.54 Å². The summed E-state index contributed by atoms with van der Waals surface area (Å²) in [7, 11) is 0. The molecule has 1 unspecified atom stereocenters. The standard InChI is InChI=1S/C22H23ClF3N3O3/c23-17-9-8-14(12-27)15(11-17)13-29-10-4-7-18(29)19(30)28-20(31)21(32,22(24,25)26)16-5-2-1-3-6-16/h1-3,5-6,8-9,11,18,32H,4,7,10,12-13,27H2,(H,28,30,31)/t18-,21?/m0/s1. The van der Waals surface area contributed by atoms with Crippen LogP contribution in [-0.4, -0.2) is 40.6 Å². The number of likely N-dealkylation sites (tertiary alicyclic amines) is 1. The molecule has 0 radical (unpaired) electrons. The van der Waals surface area contributed by atoms with E-state index in [1.54, 1.807) is 28.4 Å². The predicted octanol–water partition coefficient (Wildman–Crippen LogP) is 2.86. The van der Waals surface area contributed by atoms with Gasteiger partial charge in [0.1, 0.15) is 0 Å². The number of carbonyl (C=O) groups excluding carboxylic acids is 2. The van der Waals surface area contributed by atoms with Crippen molar-refractivity contribution in [1.82, 2.24) is 10.2 Å². The molecular weight excluding hydrogens is 447 g/mol. The van der Waals surface area contributed by atoms with E-state index < -0.39 is 35.2 Å². The first-order valence-electron chi connectivity index (χ1n) is 9.99. The van der Waals surface area contributed by atoms with Gasteiger partial charge in [-0.3, -0.25) is 19.8 Å². The van der Waals surface area contributed by atoms with Crippen LogP contribution >= 0.6 is 11.6 Å². The van der Waals surface area contributed by atoms with E-state index in [1.165, 1.54) is 18.2 Å². The smallest absolute Gasteiger partial charge is 0.368 e. The summed E-state index contributed by atoms with van der Waals surface area (Å²) in [4.78, 5) is 27.1. The highest BCUT2D eigenvalue weighted by Gasteiger charge is 2.61. The number of nitrogens with one attached hydrogen (secondary N) is 1. The van der Waals surface area contributed by atoms with Gasteiger partial charge in [-0.15, -0.1) is 0 Å². The molecule has 1 aliphatic heterocycles. The molecule has 2 aromatic carbocycles. The fraction of sp³-hybridized carbons (Fsp3) is 0.364. The van der Waals surface area contributed by atoms with Gasteiger partial charge in [0.15, 0.2) is 0 Å². The fourth-order valence-corrected chi connectivity index (χ4v) is 4.06. The van der Waals surface area contributed by atoms with Crippen LogP contribution in [0.2, 0.25) is 5.02 Å². The normalized spacial score (nSPS) is 18.9. The van der Waals surface area contributed by atoms with Crippen LogP contribution in [-0.2, 0) is 28.3 Å². The minimum atomic E-state index is -5.33. The molecule has 4 N–H and O–H groups in total. The maximum atomic E-state index is 13.7. The average Bonchev–Trinajstić information content (AvgIpc) is 3.21. The van der Waals surface area contributed by atoms with E-state index >= 15 is 0 Å². The number of benzene rings is 2. The number of nitrogens with two attached hydrogens (primary N) is 1. The number of halogens is 4. The van der Waals surface area contributed by atoms with Gasteiger partial charge in [0.05, 0.1) is 6.04 Å². The highest BCUT2D eigenvalue weighted by atomic mass is 35.5. The van der Waals surface area contributed by atoms with Crippen LogP contribution in [0.15, 0.2) is 48.5 Å². The average molecular weight is 470 g/mol. The Morgan fingerprint density at radius 3 is 2.47 bits per heavy atom. The number of rotatable bonds is 6. The zero-order chi connectivity index (χ0) is 23.5. The minimum absolute atomic E-state index is 0.255. The third-order valence-corrected chi connectivity index (χ3v) is 5.83. The molecule has 172 valence electrons. The second kappa shape index (κ2) is 9.58. The van der Waals surface area contributed by atoms with E-state index in [9.17, 15) is 27.9 Å². The van der Waals surface area contributed by atoms with Crippen LogP contribution in [0.5, 0.6) is 0 Å². The quantitative estimate of drug-likeness (QED) is 0.604. The van der Waals surface area contributed by atoms with Crippen molar-refractivity contribution in [2.75, 3.05) is 6.54 Å². The van der Waals surface area contributed by atoms with Gasteiger partial charge in [0, 0.05) is 23.7 Å². The summed E-state index contributed by atoms with van der Waals surface area (Å²) in [5, 5.41) is 12.6. The van der Waals surface area contributed by atoms with Gasteiger partial charge in [-0.25, -0.2) is 0 Å². The Morgan fingerprint density at radius 1 is 1.16 bits per heavy atom. The Hall–Kier alpha value is -2.46. The van der Waals surface area contributed by atoms with Crippen molar-refractivity contribution in [2.45, 2.75) is 43.8 Å². The van der Waals surface area contributed by atoms with Crippen molar-refractivity contribution in [3.05, 3.63) is 70.2 Å². The van der Waals surface area contributed by atoms with E-state index in [1.807, 2.05) is 0 Å². The lowest BCUT2D eigenvalue weighted by molar-refractivity contribution is -0.256. The molecule has 2 amide bonds. The van der Waals surface area contributed by atoms with Gasteiger partial charge in [0.25, 0.3) is 11.5 Å². The molecule has 0 spiro atoms. The summed E-state index contributed by atoms with van der Waals surface area (Å²) >= 11 is 6.06. The molecule has 6 nitrogen and oxygen atoms in total. The third kappa shape index (κ3) is 4.80. The highest BCUT2D eigenvalue weighted by molar-refractivity contribution is 6.30. The summed E-state index contributed by atoms with van der Waals surface area (Å²) in [5.41, 5.74) is 2.85. The number of hydrogen-bond acceptors (Lipinski definition) is 5. The van der Waals surface area contributed by atoms with Gasteiger partial charge in [-0.05, 0) is 42.6 Å². The fourth-order valence-electron chi connectivity index (χ4n) is 3.86. The van der Waals surface area contributed by atoms with Crippen LogP contribution in [0.3, 0.4) is 0 Å². The zero-order valence-electron chi connectivity index (χ0n) is 17.0. The van der Waals surface area contributed by atoms with Crippen molar-refractivity contribution in [2.24, 2.45) is 5.73 Å². The van der Waals surface area contributed by atoms with E-state index in [4.69, 9.17) is 17.3 Å². The molecule has 0 bridgehead atoms. The van der Waals surface area contributed by atoms with Crippen LogP contribution in [0, 0.1) is 0 Å². The lowest BCUT2D eigenvalue weighted by atomic mass is 9.92. The minimum Gasteiger partial charge on any atom is -0.368 e. The van der Waals surface area contributed by atoms with Crippen molar-refractivity contribution < 1.29 is 27.9 Å². The molecular formula is C22H23ClF3N3O3. The molecule has 0 saturated carbocycles. The summed E-state index contributed by atoms with van der Waals surface area (Å²) in [6.45, 7) is 1.05. The van der Waals surface area contributed by atoms with Gasteiger partial charge >= 0.3 is 6.18 Å². The molecule has 1 fully saturated rings. The summed E-state index contributed by atoms with van der Waals surface area (Å²) in [6, 6.07) is 10.3. The van der Waals surface area contributed by atoms with E-state index in [0.29, 0.717) is 31.0 Å². The second-order valence-electron chi connectivity index (χ2n) is 7.64. The maximum absolute atomic E-state index is 13.7. The number of amides is 2. The largest absolute Gasteiger partial charge is 0.430 e. The third-order valence-electron chi connectivity index (χ3n) is 5.60. The Bertz CT molecular complexity index is 987. The van der Waals surface area contributed by atoms with Crippen molar-refractivity contribution in [3.63, 3.8) is 0 Å². The molecule has 32 heavy (non-hydrogen) atoms. The Balaban J connectivity index is 1.79. The van der Waals surface area contributed by atoms with Crippen LogP contribution in [0.4, 0.5) is 13.2 Å². The first kappa shape index (κ1) is 24.2. The Labute approximate surface area is 188 Å². The first-order chi connectivity index (χ1) is 15.1. The van der Waals surface area contributed by atoms with Gasteiger partial charge in [-0.1, -0.05) is 48.0 Å². The zero-order valence-corrected chi connectivity index (χ0v) is 17.8. The maximum Gasteiger partial charge on any atom is 0.430 e. The molecule has 2 aromatic rings. The topological polar surface area (TPSA) is 95.7 Å². The molecule has 0 aromatic heterocycles. The second-order valence-corrected chi connectivity index (χ2v) is 8.07.